The molecule has 0 rings (SSSR count). The molecule has 4 N–H and O–H groups in total. The van der Waals surface area contributed by atoms with Crippen LogP contribution in [0.2, 0.25) is 0 Å². The van der Waals surface area contributed by atoms with Crippen LogP contribution in [0.15, 0.2) is 0 Å². The number of amides is 1. The van der Waals surface area contributed by atoms with Gasteiger partial charge < -0.3 is 16.2 Å². The zero-order chi connectivity index (χ0) is 15.7. The fourth-order valence-corrected chi connectivity index (χ4v) is 2.31. The first-order valence-corrected chi connectivity index (χ1v) is 7.49. The first-order chi connectivity index (χ1) is 9.29. The van der Waals surface area contributed by atoms with E-state index in [-0.39, 0.29) is 24.2 Å². The molecule has 20 heavy (non-hydrogen) atoms. The first-order valence-electron chi connectivity index (χ1n) is 7.49. The Labute approximate surface area is 122 Å². The van der Waals surface area contributed by atoms with Gasteiger partial charge in [-0.2, -0.15) is 0 Å². The summed E-state index contributed by atoms with van der Waals surface area (Å²) in [6.45, 7) is 9.10. The number of aliphatic carboxylic acids is 1. The van der Waals surface area contributed by atoms with E-state index in [0.717, 1.165) is 6.42 Å². The fraction of sp³-hybridized carbons (Fsp3) is 0.867. The van der Waals surface area contributed by atoms with Crippen LogP contribution in [0.3, 0.4) is 0 Å². The summed E-state index contributed by atoms with van der Waals surface area (Å²) >= 11 is 0. The highest BCUT2D eigenvalue weighted by Crippen LogP contribution is 2.20. The second-order valence-electron chi connectivity index (χ2n) is 6.10. The number of carboxylic acids is 1. The van der Waals surface area contributed by atoms with Crippen LogP contribution < -0.4 is 11.1 Å². The Hall–Kier alpha value is -1.10. The van der Waals surface area contributed by atoms with Gasteiger partial charge in [-0.05, 0) is 30.6 Å². The molecule has 0 heterocycles. The SMILES string of the molecule is CC(C)C(CCNC(=O)C(CN)C(C)C)CCC(=O)O. The number of nitrogens with one attached hydrogen (secondary N) is 1. The highest BCUT2D eigenvalue weighted by molar-refractivity contribution is 5.79. The summed E-state index contributed by atoms with van der Waals surface area (Å²) < 4.78 is 0. The van der Waals surface area contributed by atoms with Gasteiger partial charge in [0.05, 0.1) is 5.92 Å². The number of hydrogen-bond donors (Lipinski definition) is 3. The zero-order valence-electron chi connectivity index (χ0n) is 13.2. The quantitative estimate of drug-likeness (QED) is 0.571. The summed E-state index contributed by atoms with van der Waals surface area (Å²) in [7, 11) is 0. The highest BCUT2D eigenvalue weighted by Gasteiger charge is 2.21. The minimum absolute atomic E-state index is 0.00300. The lowest BCUT2D eigenvalue weighted by atomic mass is 9.88. The molecule has 0 spiro atoms. The van der Waals surface area contributed by atoms with Gasteiger partial charge in [0.2, 0.25) is 5.91 Å². The van der Waals surface area contributed by atoms with Crippen molar-refractivity contribution in [3.8, 4) is 0 Å². The second kappa shape index (κ2) is 9.75. The van der Waals surface area contributed by atoms with Crippen molar-refractivity contribution in [2.75, 3.05) is 13.1 Å². The molecule has 0 radical (unpaired) electrons. The average molecular weight is 286 g/mol. The van der Waals surface area contributed by atoms with Crippen LogP contribution in [0.25, 0.3) is 0 Å². The molecule has 0 bridgehead atoms. The lowest BCUT2D eigenvalue weighted by molar-refractivity contribution is -0.137. The Kier molecular flexibility index (Phi) is 9.21. The summed E-state index contributed by atoms with van der Waals surface area (Å²) in [5.41, 5.74) is 5.61. The predicted octanol–water partition coefficient (Wildman–Crippen LogP) is 1.86. The molecule has 0 saturated heterocycles. The molecular formula is C15H30N2O3. The first kappa shape index (κ1) is 18.9. The molecule has 0 aliphatic rings. The van der Waals surface area contributed by atoms with Crippen molar-refractivity contribution in [1.82, 2.24) is 5.32 Å². The van der Waals surface area contributed by atoms with E-state index in [9.17, 15) is 9.59 Å². The largest absolute Gasteiger partial charge is 0.481 e. The lowest BCUT2D eigenvalue weighted by Crippen LogP contribution is -2.38. The summed E-state index contributed by atoms with van der Waals surface area (Å²) in [4.78, 5) is 22.6. The predicted molar refractivity (Wildman–Crippen MR) is 80.2 cm³/mol. The van der Waals surface area contributed by atoms with Gasteiger partial charge in [0.15, 0.2) is 0 Å². The molecule has 5 heteroatoms. The lowest BCUT2D eigenvalue weighted by Gasteiger charge is -2.22. The van der Waals surface area contributed by atoms with Gasteiger partial charge in [-0.25, -0.2) is 0 Å². The third-order valence-corrected chi connectivity index (χ3v) is 3.88. The third-order valence-electron chi connectivity index (χ3n) is 3.88. The number of hydrogen-bond acceptors (Lipinski definition) is 3. The maximum absolute atomic E-state index is 11.9. The summed E-state index contributed by atoms with van der Waals surface area (Å²) in [5, 5.41) is 11.7. The van der Waals surface area contributed by atoms with Gasteiger partial charge in [-0.15, -0.1) is 0 Å². The maximum Gasteiger partial charge on any atom is 0.303 e. The Morgan fingerprint density at radius 2 is 1.70 bits per heavy atom. The van der Waals surface area contributed by atoms with Crippen LogP contribution in [0.4, 0.5) is 0 Å². The van der Waals surface area contributed by atoms with Crippen molar-refractivity contribution in [2.45, 2.75) is 47.0 Å². The van der Waals surface area contributed by atoms with Gasteiger partial charge in [-0.1, -0.05) is 27.7 Å². The molecule has 1 amide bonds. The molecule has 0 aliphatic heterocycles. The van der Waals surface area contributed by atoms with Crippen molar-refractivity contribution in [3.05, 3.63) is 0 Å². The van der Waals surface area contributed by atoms with Gasteiger partial charge in [0.1, 0.15) is 0 Å². The fourth-order valence-electron chi connectivity index (χ4n) is 2.31. The molecule has 0 saturated carbocycles. The van der Waals surface area contributed by atoms with Crippen molar-refractivity contribution < 1.29 is 14.7 Å². The molecule has 0 aromatic carbocycles. The molecule has 0 aromatic rings. The Morgan fingerprint density at radius 1 is 1.10 bits per heavy atom. The Morgan fingerprint density at radius 3 is 2.10 bits per heavy atom. The second-order valence-corrected chi connectivity index (χ2v) is 6.10. The van der Waals surface area contributed by atoms with E-state index in [1.54, 1.807) is 0 Å². The van der Waals surface area contributed by atoms with Crippen molar-refractivity contribution in [1.29, 1.82) is 0 Å². The van der Waals surface area contributed by atoms with E-state index in [2.05, 4.69) is 19.2 Å². The third kappa shape index (κ3) is 7.48. The van der Waals surface area contributed by atoms with Crippen LogP contribution in [0.1, 0.15) is 47.0 Å². The van der Waals surface area contributed by atoms with E-state index in [1.165, 1.54) is 0 Å². The van der Waals surface area contributed by atoms with Crippen molar-refractivity contribution in [3.63, 3.8) is 0 Å². The van der Waals surface area contributed by atoms with Crippen LogP contribution in [0, 0.1) is 23.7 Å². The Balaban J connectivity index is 4.16. The van der Waals surface area contributed by atoms with Gasteiger partial charge >= 0.3 is 5.97 Å². The van der Waals surface area contributed by atoms with Crippen LogP contribution in [-0.2, 0) is 9.59 Å². The van der Waals surface area contributed by atoms with Crippen molar-refractivity contribution in [2.24, 2.45) is 29.4 Å². The summed E-state index contributed by atoms with van der Waals surface area (Å²) in [6.07, 6.45) is 1.66. The van der Waals surface area contributed by atoms with E-state index in [1.807, 2.05) is 13.8 Å². The van der Waals surface area contributed by atoms with Crippen molar-refractivity contribution >= 4 is 11.9 Å². The van der Waals surface area contributed by atoms with E-state index in [4.69, 9.17) is 10.8 Å². The normalized spacial score (nSPS) is 14.3. The number of carbonyl (C=O) groups excluding carboxylic acids is 1. The number of carboxylic acid groups (broad SMARTS) is 1. The summed E-state index contributed by atoms with van der Waals surface area (Å²) in [5.74, 6) is 0.0637. The van der Waals surface area contributed by atoms with Crippen LogP contribution >= 0.6 is 0 Å². The number of rotatable bonds is 10. The highest BCUT2D eigenvalue weighted by atomic mass is 16.4. The number of nitrogens with two attached hydrogens (primary N) is 1. The number of carbonyl (C=O) groups is 2. The van der Waals surface area contributed by atoms with Gasteiger partial charge in [-0.3, -0.25) is 9.59 Å². The smallest absolute Gasteiger partial charge is 0.303 e. The standard InChI is InChI=1S/C15H30N2O3/c1-10(2)12(5-6-14(18)19)7-8-17-15(20)13(9-16)11(3)4/h10-13H,5-9,16H2,1-4H3,(H,17,20)(H,18,19). The molecule has 2 unspecified atom stereocenters. The monoisotopic (exact) mass is 286 g/mol. The van der Waals surface area contributed by atoms with Gasteiger partial charge in [0, 0.05) is 19.5 Å². The summed E-state index contributed by atoms with van der Waals surface area (Å²) in [6, 6.07) is 0. The maximum atomic E-state index is 11.9. The molecular weight excluding hydrogens is 256 g/mol. The average Bonchev–Trinajstić information content (AvgIpc) is 2.32. The molecule has 5 nitrogen and oxygen atoms in total. The molecule has 0 aliphatic carbocycles. The zero-order valence-corrected chi connectivity index (χ0v) is 13.2. The minimum Gasteiger partial charge on any atom is -0.481 e. The van der Waals surface area contributed by atoms with Crippen LogP contribution in [0.5, 0.6) is 0 Å². The van der Waals surface area contributed by atoms with Crippen LogP contribution in [-0.4, -0.2) is 30.1 Å². The molecule has 0 aromatic heterocycles. The van der Waals surface area contributed by atoms with Gasteiger partial charge in [0.25, 0.3) is 0 Å². The Bertz CT molecular complexity index is 303. The molecule has 2 atom stereocenters. The molecule has 118 valence electrons. The minimum atomic E-state index is -0.761. The van der Waals surface area contributed by atoms with E-state index in [0.29, 0.717) is 31.3 Å². The van der Waals surface area contributed by atoms with E-state index >= 15 is 0 Å². The topological polar surface area (TPSA) is 92.4 Å². The van der Waals surface area contributed by atoms with E-state index < -0.39 is 5.97 Å². The molecule has 0 fully saturated rings.